The topological polar surface area (TPSA) is 39.2 Å². The molecule has 3 nitrogen and oxygen atoms in total. The van der Waals surface area contributed by atoms with E-state index in [0.717, 1.165) is 0 Å². The van der Waals surface area contributed by atoms with Gasteiger partial charge in [-0.3, -0.25) is 0 Å². The van der Waals surface area contributed by atoms with Crippen LogP contribution in [0.2, 0.25) is 0 Å². The van der Waals surface area contributed by atoms with E-state index in [0.29, 0.717) is 17.9 Å². The van der Waals surface area contributed by atoms with Crippen LogP contribution in [0.3, 0.4) is 0 Å². The van der Waals surface area contributed by atoms with Crippen molar-refractivity contribution >= 4 is 25.4 Å². The van der Waals surface area contributed by atoms with Gasteiger partial charge in [0.2, 0.25) is 0 Å². The molecule has 1 heterocycles. The fourth-order valence-electron chi connectivity index (χ4n) is 3.75. The number of aryl methyl sites for hydroxylation is 1. The molecule has 0 N–H and O–H groups in total. The van der Waals surface area contributed by atoms with Crippen LogP contribution in [0.15, 0.2) is 30.5 Å². The first-order chi connectivity index (χ1) is 13.6. The molecule has 0 aliphatic heterocycles. The molecule has 0 spiro atoms. The van der Waals surface area contributed by atoms with Crippen molar-refractivity contribution in [3.8, 4) is 10.7 Å². The van der Waals surface area contributed by atoms with Crippen molar-refractivity contribution in [1.29, 1.82) is 0 Å². The standard InChI is InChI=1S/C25H29NO2Se/c1-7-28-23(27)18-8-9-19(26-16-18)10-13-29-22-15-21-20(14-17(22)2)24(3,4)11-12-25(21,5)6/h8-9,14-16H,7,11-12H2,1-6H3. The number of carbonyl (C=O) groups excluding carboxylic acids is 1. The Morgan fingerprint density at radius 2 is 1.79 bits per heavy atom. The number of rotatable bonds is 3. The summed E-state index contributed by atoms with van der Waals surface area (Å²) in [6.45, 7) is 13.8. The maximum atomic E-state index is 11.7. The summed E-state index contributed by atoms with van der Waals surface area (Å²) in [6, 6.07) is 8.29. The molecule has 1 aromatic heterocycles. The molecule has 0 saturated heterocycles. The molecule has 0 amide bonds. The summed E-state index contributed by atoms with van der Waals surface area (Å²) in [4.78, 5) is 19.3. The van der Waals surface area contributed by atoms with Crippen molar-refractivity contribution in [2.24, 2.45) is 0 Å². The predicted octanol–water partition coefficient (Wildman–Crippen LogP) is 4.25. The summed E-state index contributed by atoms with van der Waals surface area (Å²) < 4.78 is 6.33. The molecule has 0 fully saturated rings. The third kappa shape index (κ3) is 4.74. The summed E-state index contributed by atoms with van der Waals surface area (Å²) in [5.74, 6) is 2.80. The molecule has 1 aliphatic rings. The van der Waals surface area contributed by atoms with E-state index < -0.39 is 0 Å². The summed E-state index contributed by atoms with van der Waals surface area (Å²) in [5.41, 5.74) is 5.88. The van der Waals surface area contributed by atoms with Crippen molar-refractivity contribution < 1.29 is 9.53 Å². The Bertz CT molecular complexity index is 978. The van der Waals surface area contributed by atoms with Crippen LogP contribution in [-0.4, -0.2) is 32.5 Å². The number of nitrogens with zero attached hydrogens (tertiary/aromatic N) is 1. The minimum atomic E-state index is -0.348. The number of benzene rings is 1. The minimum absolute atomic E-state index is 0.0538. The van der Waals surface area contributed by atoms with Crippen LogP contribution in [0.5, 0.6) is 0 Å². The van der Waals surface area contributed by atoms with Crippen molar-refractivity contribution in [1.82, 2.24) is 4.98 Å². The van der Waals surface area contributed by atoms with Crippen LogP contribution in [0.1, 0.15) is 80.2 Å². The molecule has 0 radical (unpaired) electrons. The zero-order chi connectivity index (χ0) is 21.2. The molecule has 4 heteroatoms. The summed E-state index contributed by atoms with van der Waals surface area (Å²) in [7, 11) is 0. The van der Waals surface area contributed by atoms with Gasteiger partial charge in [0.1, 0.15) is 0 Å². The van der Waals surface area contributed by atoms with Crippen LogP contribution >= 0.6 is 0 Å². The Balaban J connectivity index is 1.81. The van der Waals surface area contributed by atoms with Crippen molar-refractivity contribution in [2.75, 3.05) is 6.61 Å². The van der Waals surface area contributed by atoms with Gasteiger partial charge in [-0.05, 0) is 0 Å². The number of pyridine rings is 1. The maximum absolute atomic E-state index is 11.7. The summed E-state index contributed by atoms with van der Waals surface area (Å²) in [5, 5.41) is 0. The van der Waals surface area contributed by atoms with Crippen LogP contribution in [0.4, 0.5) is 0 Å². The van der Waals surface area contributed by atoms with Crippen LogP contribution < -0.4 is 4.46 Å². The molecule has 0 unspecified atom stereocenters. The number of carbonyl (C=O) groups is 1. The van der Waals surface area contributed by atoms with Crippen LogP contribution in [0.25, 0.3) is 0 Å². The fraction of sp³-hybridized carbons (Fsp3) is 0.440. The van der Waals surface area contributed by atoms with Crippen molar-refractivity contribution in [3.05, 3.63) is 58.4 Å². The van der Waals surface area contributed by atoms with E-state index in [9.17, 15) is 4.79 Å². The van der Waals surface area contributed by atoms with Gasteiger partial charge >= 0.3 is 181 Å². The van der Waals surface area contributed by atoms with Gasteiger partial charge in [-0.1, -0.05) is 0 Å². The van der Waals surface area contributed by atoms with E-state index in [1.807, 2.05) is 0 Å². The molecule has 0 bridgehead atoms. The Morgan fingerprint density at radius 1 is 1.14 bits per heavy atom. The quantitative estimate of drug-likeness (QED) is 0.395. The van der Waals surface area contributed by atoms with Gasteiger partial charge in [0, 0.05) is 0 Å². The molecular formula is C25H29NO2Se. The van der Waals surface area contributed by atoms with Gasteiger partial charge < -0.3 is 0 Å². The van der Waals surface area contributed by atoms with Gasteiger partial charge in [0.15, 0.2) is 0 Å². The van der Waals surface area contributed by atoms with Crippen molar-refractivity contribution in [3.63, 3.8) is 0 Å². The second-order valence-corrected chi connectivity index (χ2v) is 10.7. The van der Waals surface area contributed by atoms with Gasteiger partial charge in [-0.15, -0.1) is 0 Å². The SMILES string of the molecule is CCOC(=O)c1ccc(C#C[Se]c2cc3c(cc2C)C(C)(C)CCC3(C)C)nc1. The number of hydrogen-bond acceptors (Lipinski definition) is 3. The van der Waals surface area contributed by atoms with Gasteiger partial charge in [-0.2, -0.15) is 0 Å². The van der Waals surface area contributed by atoms with E-state index in [1.54, 1.807) is 19.1 Å². The predicted molar refractivity (Wildman–Crippen MR) is 119 cm³/mol. The molecule has 152 valence electrons. The first-order valence-corrected chi connectivity index (χ1v) is 11.8. The van der Waals surface area contributed by atoms with Crippen LogP contribution in [-0.2, 0) is 15.6 Å². The molecule has 3 rings (SSSR count). The van der Waals surface area contributed by atoms with E-state index in [-0.39, 0.29) is 31.8 Å². The van der Waals surface area contributed by atoms with E-state index in [2.05, 4.69) is 62.5 Å². The Hall–Kier alpha value is -2.08. The second-order valence-electron chi connectivity index (χ2n) is 8.91. The normalized spacial score (nSPS) is 16.3. The summed E-state index contributed by atoms with van der Waals surface area (Å²) in [6.07, 6.45) is 3.97. The Labute approximate surface area is 180 Å². The van der Waals surface area contributed by atoms with E-state index >= 15 is 0 Å². The monoisotopic (exact) mass is 455 g/mol. The first-order valence-electron chi connectivity index (χ1n) is 10.1. The molecule has 2 aromatic rings. The number of aromatic nitrogens is 1. The number of esters is 1. The fourth-order valence-corrected chi connectivity index (χ4v) is 5.14. The Kier molecular flexibility index (Phi) is 6.22. The van der Waals surface area contributed by atoms with Gasteiger partial charge in [0.05, 0.1) is 0 Å². The second kappa shape index (κ2) is 8.34. The third-order valence-corrected chi connectivity index (χ3v) is 7.58. The van der Waals surface area contributed by atoms with Gasteiger partial charge in [-0.25, -0.2) is 0 Å². The number of hydrogen-bond donors (Lipinski definition) is 0. The first kappa shape index (κ1) is 21.6. The number of ether oxygens (including phenoxy) is 1. The summed E-state index contributed by atoms with van der Waals surface area (Å²) >= 11 is 0.0538. The van der Waals surface area contributed by atoms with Crippen molar-refractivity contribution in [2.45, 2.75) is 65.2 Å². The number of fused-ring (bicyclic) bond motifs is 1. The molecule has 29 heavy (non-hydrogen) atoms. The third-order valence-electron chi connectivity index (χ3n) is 5.76. The van der Waals surface area contributed by atoms with Crippen LogP contribution in [0, 0.1) is 17.7 Å². The average Bonchev–Trinajstić information content (AvgIpc) is 2.67. The molecule has 0 atom stereocenters. The van der Waals surface area contributed by atoms with E-state index in [4.69, 9.17) is 4.74 Å². The zero-order valence-electron chi connectivity index (χ0n) is 18.2. The van der Waals surface area contributed by atoms with E-state index in [1.165, 1.54) is 40.2 Å². The Morgan fingerprint density at radius 3 is 2.38 bits per heavy atom. The molecule has 1 aliphatic carbocycles. The molecular weight excluding hydrogens is 425 g/mol. The average molecular weight is 454 g/mol. The zero-order valence-corrected chi connectivity index (χ0v) is 19.9. The van der Waals surface area contributed by atoms with Gasteiger partial charge in [0.25, 0.3) is 0 Å². The molecule has 0 saturated carbocycles. The molecule has 1 aromatic carbocycles.